The second kappa shape index (κ2) is 32.0. The summed E-state index contributed by atoms with van der Waals surface area (Å²) in [6.45, 7) is 8.71. The van der Waals surface area contributed by atoms with E-state index in [1.165, 1.54) is 186 Å². The number of nitrogens with one attached hydrogen (secondary N) is 1. The van der Waals surface area contributed by atoms with Gasteiger partial charge in [0.1, 0.15) is 6.54 Å². The Morgan fingerprint density at radius 3 is 1.31 bits per heavy atom. The van der Waals surface area contributed by atoms with Crippen molar-refractivity contribution in [2.24, 2.45) is 4.99 Å². The van der Waals surface area contributed by atoms with Crippen LogP contribution in [0.3, 0.4) is 0 Å². The van der Waals surface area contributed by atoms with Crippen molar-refractivity contribution in [1.82, 2.24) is 5.32 Å². The Morgan fingerprint density at radius 1 is 0.600 bits per heavy atom. The average molecular weight is 655 g/mol. The van der Waals surface area contributed by atoms with Crippen LogP contribution >= 0.6 is 0 Å². The third-order valence-electron chi connectivity index (χ3n) is 10.4. The van der Waals surface area contributed by atoms with Crippen molar-refractivity contribution in [3.8, 4) is 0 Å². The van der Waals surface area contributed by atoms with Gasteiger partial charge in [-0.05, 0) is 12.8 Å². The molecule has 2 unspecified atom stereocenters. The Kier molecular flexibility index (Phi) is 31.5. The van der Waals surface area contributed by atoms with Crippen LogP contribution < -0.4 is 17.7 Å². The number of nitrogens with zero attached hydrogens (tertiary/aromatic N) is 2. The highest BCUT2D eigenvalue weighted by molar-refractivity contribution is 5.78. The maximum absolute atomic E-state index is 12.7. The first-order valence-corrected chi connectivity index (χ1v) is 20.2. The van der Waals surface area contributed by atoms with Crippen LogP contribution in [0, 0.1) is 0 Å². The van der Waals surface area contributed by atoms with Crippen LogP contribution in [0.5, 0.6) is 0 Å². The number of rotatable bonds is 33. The molecule has 1 amide bonds. The summed E-state index contributed by atoms with van der Waals surface area (Å²) in [6.07, 6.45) is 41.9. The Morgan fingerprint density at radius 2 is 0.933 bits per heavy atom. The highest BCUT2D eigenvalue weighted by atomic mass is 35.5. The van der Waals surface area contributed by atoms with E-state index in [1.54, 1.807) is 0 Å². The van der Waals surface area contributed by atoms with Crippen molar-refractivity contribution in [2.75, 3.05) is 20.1 Å². The number of hydrogen-bond acceptors (Lipinski definition) is 2. The van der Waals surface area contributed by atoms with Gasteiger partial charge >= 0.3 is 0 Å². The summed E-state index contributed by atoms with van der Waals surface area (Å²) in [5, 5.41) is 3.34. The topological polar surface area (TPSA) is 41.5 Å². The minimum absolute atomic E-state index is 0. The van der Waals surface area contributed by atoms with E-state index in [4.69, 9.17) is 4.99 Å². The van der Waals surface area contributed by atoms with Crippen LogP contribution in [-0.4, -0.2) is 42.5 Å². The molecule has 4 nitrogen and oxygen atoms in total. The largest absolute Gasteiger partial charge is 1.00 e. The minimum atomic E-state index is 0. The molecule has 268 valence electrons. The lowest BCUT2D eigenvalue weighted by Gasteiger charge is -2.36. The summed E-state index contributed by atoms with van der Waals surface area (Å²) in [5.74, 6) is 1.54. The van der Waals surface area contributed by atoms with Crippen molar-refractivity contribution in [3.05, 3.63) is 0 Å². The number of carbonyl (C=O) groups excluding carboxylic acids is 1. The number of aliphatic imine (C=N–C) groups is 1. The monoisotopic (exact) mass is 654 g/mol. The zero-order valence-corrected chi connectivity index (χ0v) is 31.8. The van der Waals surface area contributed by atoms with Crippen molar-refractivity contribution >= 4 is 11.7 Å². The Bertz CT molecular complexity index is 684. The molecule has 0 saturated carbocycles. The fourth-order valence-electron chi connectivity index (χ4n) is 7.01. The molecular weight excluding hydrogens is 574 g/mol. The summed E-state index contributed by atoms with van der Waals surface area (Å²) in [5.41, 5.74) is 0. The normalized spacial score (nSPS) is 16.8. The summed E-state index contributed by atoms with van der Waals surface area (Å²) in [6, 6.07) is 0. The maximum Gasteiger partial charge on any atom is 0.224 e. The van der Waals surface area contributed by atoms with Crippen LogP contribution in [0.25, 0.3) is 0 Å². The lowest BCUT2D eigenvalue weighted by atomic mass is 10.0. The van der Waals surface area contributed by atoms with Gasteiger partial charge < -0.3 is 17.7 Å². The lowest BCUT2D eigenvalue weighted by molar-refractivity contribution is -0.843. The van der Waals surface area contributed by atoms with Crippen LogP contribution in [0.4, 0.5) is 0 Å². The third-order valence-corrected chi connectivity index (χ3v) is 10.4. The van der Waals surface area contributed by atoms with Gasteiger partial charge in [0.2, 0.25) is 5.91 Å². The number of hydrogen-bond donors (Lipinski definition) is 1. The zero-order valence-electron chi connectivity index (χ0n) is 31.1. The molecule has 1 N–H and O–H groups in total. The summed E-state index contributed by atoms with van der Waals surface area (Å²) in [7, 11) is 2.29. The molecule has 2 atom stereocenters. The first-order chi connectivity index (χ1) is 21.5. The molecule has 0 aromatic heterocycles. The minimum Gasteiger partial charge on any atom is -1.00 e. The van der Waals surface area contributed by atoms with Crippen LogP contribution in [-0.2, 0) is 4.79 Å². The van der Waals surface area contributed by atoms with Gasteiger partial charge in [-0.2, -0.15) is 0 Å². The molecular formula is C40H80ClN3O. The second-order valence-electron chi connectivity index (χ2n) is 14.6. The van der Waals surface area contributed by atoms with E-state index >= 15 is 0 Å². The first-order valence-electron chi connectivity index (χ1n) is 20.2. The SMILES string of the molecule is CCCCCCCCCCCCCCCCCCC1=NCC[N+]1(C)C(C)NC(=O)CCCCCCCCCCCCCCC.[Cl-]. The molecule has 5 heteroatoms. The van der Waals surface area contributed by atoms with E-state index in [-0.39, 0.29) is 24.5 Å². The summed E-state index contributed by atoms with van der Waals surface area (Å²) < 4.78 is 0.809. The Hall–Kier alpha value is -0.610. The van der Waals surface area contributed by atoms with Crippen LogP contribution in [0.2, 0.25) is 0 Å². The van der Waals surface area contributed by atoms with Crippen LogP contribution in [0.15, 0.2) is 4.99 Å². The molecule has 45 heavy (non-hydrogen) atoms. The molecule has 0 saturated heterocycles. The van der Waals surface area contributed by atoms with E-state index in [0.29, 0.717) is 6.42 Å². The Labute approximate surface area is 289 Å². The highest BCUT2D eigenvalue weighted by Crippen LogP contribution is 2.21. The Balaban J connectivity index is 0.0000194. The number of amidine groups is 1. The average Bonchev–Trinajstić information content (AvgIpc) is 3.40. The van der Waals surface area contributed by atoms with Gasteiger partial charge in [0.15, 0.2) is 12.0 Å². The third kappa shape index (κ3) is 24.2. The van der Waals surface area contributed by atoms with Gasteiger partial charge in [-0.3, -0.25) is 9.28 Å². The van der Waals surface area contributed by atoms with Gasteiger partial charge in [0, 0.05) is 19.8 Å². The number of carbonyl (C=O) groups is 1. The van der Waals surface area contributed by atoms with E-state index < -0.39 is 0 Å². The van der Waals surface area contributed by atoms with Gasteiger partial charge in [0.05, 0.1) is 13.6 Å². The molecule has 1 aliphatic rings. The van der Waals surface area contributed by atoms with Gasteiger partial charge in [-0.1, -0.05) is 187 Å². The predicted molar refractivity (Wildman–Crippen MR) is 195 cm³/mol. The highest BCUT2D eigenvalue weighted by Gasteiger charge is 2.39. The van der Waals surface area contributed by atoms with E-state index in [9.17, 15) is 4.79 Å². The number of halogens is 1. The smallest absolute Gasteiger partial charge is 0.224 e. The predicted octanol–water partition coefficient (Wildman–Crippen LogP) is 9.44. The quantitative estimate of drug-likeness (QED) is 0.0556. The lowest BCUT2D eigenvalue weighted by Crippen LogP contribution is -3.00. The standard InChI is InChI=1S/C40H79N3O.ClH/c1-5-7-9-11-13-15-17-19-20-21-23-24-26-28-30-32-34-39-41-36-37-43(39,4)38(3)42-40(44)35-33-31-29-27-25-22-18-16-14-12-10-8-6-2;/h38H,5-37H2,1-4H3;1H. The van der Waals surface area contributed by atoms with E-state index in [2.05, 4.69) is 33.1 Å². The zero-order chi connectivity index (χ0) is 32.0. The van der Waals surface area contributed by atoms with Crippen molar-refractivity contribution < 1.29 is 21.7 Å². The first kappa shape index (κ1) is 44.4. The summed E-state index contributed by atoms with van der Waals surface area (Å²) >= 11 is 0. The molecule has 0 aromatic carbocycles. The number of unbranched alkanes of at least 4 members (excludes halogenated alkanes) is 27. The fraction of sp³-hybridized carbons (Fsp3) is 0.950. The maximum atomic E-state index is 12.7. The number of quaternary nitrogens is 1. The molecule has 0 radical (unpaired) electrons. The van der Waals surface area contributed by atoms with Gasteiger partial charge in [0.25, 0.3) is 0 Å². The number of likely N-dealkylation sites (N-methyl/N-ethyl adjacent to an activating group) is 1. The van der Waals surface area contributed by atoms with E-state index in [1.807, 2.05) is 0 Å². The van der Waals surface area contributed by atoms with Gasteiger partial charge in [-0.25, -0.2) is 4.99 Å². The molecule has 0 bridgehead atoms. The molecule has 1 heterocycles. The molecule has 0 spiro atoms. The molecule has 1 rings (SSSR count). The number of amides is 1. The van der Waals surface area contributed by atoms with Gasteiger partial charge in [-0.15, -0.1) is 0 Å². The molecule has 0 fully saturated rings. The second-order valence-corrected chi connectivity index (χ2v) is 14.6. The van der Waals surface area contributed by atoms with Crippen molar-refractivity contribution in [3.63, 3.8) is 0 Å². The fourth-order valence-corrected chi connectivity index (χ4v) is 7.01. The molecule has 0 aromatic rings. The van der Waals surface area contributed by atoms with E-state index in [0.717, 1.165) is 30.4 Å². The molecule has 0 aliphatic carbocycles. The van der Waals surface area contributed by atoms with Crippen molar-refractivity contribution in [1.29, 1.82) is 0 Å². The van der Waals surface area contributed by atoms with Crippen molar-refractivity contribution in [2.45, 2.75) is 226 Å². The molecule has 1 aliphatic heterocycles. The summed E-state index contributed by atoms with van der Waals surface area (Å²) in [4.78, 5) is 17.6. The van der Waals surface area contributed by atoms with Crippen LogP contribution in [0.1, 0.15) is 220 Å².